The van der Waals surface area contributed by atoms with Crippen molar-refractivity contribution in [3.05, 3.63) is 29.8 Å². The van der Waals surface area contributed by atoms with E-state index in [0.29, 0.717) is 12.5 Å². The summed E-state index contributed by atoms with van der Waals surface area (Å²) >= 11 is 1.89. The van der Waals surface area contributed by atoms with E-state index in [1.54, 1.807) is 0 Å². The smallest absolute Gasteiger partial charge is 0.223 e. The highest BCUT2D eigenvalue weighted by atomic mass is 32.2. The molecule has 1 atom stereocenters. The number of thioether (sulfide) groups is 1. The van der Waals surface area contributed by atoms with E-state index in [0.717, 1.165) is 25.4 Å². The van der Waals surface area contributed by atoms with Crippen LogP contribution in [0.1, 0.15) is 31.9 Å². The number of carbonyl (C=O) groups is 1. The van der Waals surface area contributed by atoms with Crippen molar-refractivity contribution in [2.75, 3.05) is 25.4 Å². The van der Waals surface area contributed by atoms with Crippen LogP contribution in [-0.2, 0) is 4.79 Å². The molecule has 19 heavy (non-hydrogen) atoms. The third-order valence-corrected chi connectivity index (χ3v) is 4.73. The van der Waals surface area contributed by atoms with Crippen molar-refractivity contribution in [1.82, 2.24) is 10.2 Å². The van der Waals surface area contributed by atoms with Crippen molar-refractivity contribution in [2.24, 2.45) is 0 Å². The van der Waals surface area contributed by atoms with Crippen molar-refractivity contribution in [3.8, 4) is 0 Å². The molecule has 0 fully saturated rings. The van der Waals surface area contributed by atoms with Gasteiger partial charge in [-0.15, -0.1) is 11.8 Å². The fourth-order valence-electron chi connectivity index (χ4n) is 2.42. The van der Waals surface area contributed by atoms with Crippen molar-refractivity contribution in [3.63, 3.8) is 0 Å². The predicted octanol–water partition coefficient (Wildman–Crippen LogP) is 2.68. The lowest BCUT2D eigenvalue weighted by Crippen LogP contribution is -2.33. The molecule has 104 valence electrons. The first kappa shape index (κ1) is 14.4. The summed E-state index contributed by atoms with van der Waals surface area (Å²) in [6, 6.07) is 8.91. The third kappa shape index (κ3) is 3.51. The number of carbonyl (C=O) groups excluding carboxylic acids is 1. The average Bonchev–Trinajstić information content (AvgIpc) is 2.84. The van der Waals surface area contributed by atoms with Crippen LogP contribution in [0.5, 0.6) is 0 Å². The van der Waals surface area contributed by atoms with E-state index in [1.807, 2.05) is 30.5 Å². The highest BCUT2D eigenvalue weighted by Crippen LogP contribution is 2.37. The molecule has 1 N–H and O–H groups in total. The van der Waals surface area contributed by atoms with Crippen LogP contribution in [0.4, 0.5) is 0 Å². The zero-order valence-corrected chi connectivity index (χ0v) is 12.5. The molecule has 0 aliphatic carbocycles. The van der Waals surface area contributed by atoms with Gasteiger partial charge in [-0.2, -0.15) is 0 Å². The quantitative estimate of drug-likeness (QED) is 0.868. The second-order valence-corrected chi connectivity index (χ2v) is 5.73. The number of hydrogen-bond donors (Lipinski definition) is 1. The van der Waals surface area contributed by atoms with Gasteiger partial charge in [-0.3, -0.25) is 4.79 Å². The minimum absolute atomic E-state index is 0.247. The molecular weight excluding hydrogens is 256 g/mol. The number of nitrogens with one attached hydrogen (secondary N) is 1. The topological polar surface area (TPSA) is 32.3 Å². The van der Waals surface area contributed by atoms with Gasteiger partial charge in [0.05, 0.1) is 0 Å². The first-order valence-electron chi connectivity index (χ1n) is 6.99. The molecule has 1 aliphatic rings. The molecule has 1 aromatic carbocycles. The normalized spacial score (nSPS) is 17.3. The molecule has 0 saturated heterocycles. The zero-order chi connectivity index (χ0) is 13.7. The first-order valence-corrected chi connectivity index (χ1v) is 7.97. The van der Waals surface area contributed by atoms with E-state index in [-0.39, 0.29) is 5.91 Å². The van der Waals surface area contributed by atoms with Gasteiger partial charge in [0.25, 0.3) is 0 Å². The molecular formula is C15H22N2OS. The van der Waals surface area contributed by atoms with Gasteiger partial charge in [0, 0.05) is 42.7 Å². The molecule has 0 radical (unpaired) electrons. The van der Waals surface area contributed by atoms with E-state index in [2.05, 4.69) is 29.6 Å². The summed E-state index contributed by atoms with van der Waals surface area (Å²) in [5, 5.41) is 3.50. The number of rotatable bonds is 6. The van der Waals surface area contributed by atoms with Crippen LogP contribution in [0.15, 0.2) is 29.2 Å². The summed E-state index contributed by atoms with van der Waals surface area (Å²) in [5.41, 5.74) is 1.38. The van der Waals surface area contributed by atoms with Gasteiger partial charge in [-0.25, -0.2) is 0 Å². The van der Waals surface area contributed by atoms with E-state index in [9.17, 15) is 4.79 Å². The zero-order valence-electron chi connectivity index (χ0n) is 11.7. The lowest BCUT2D eigenvalue weighted by molar-refractivity contribution is -0.130. The van der Waals surface area contributed by atoms with E-state index < -0.39 is 0 Å². The lowest BCUT2D eigenvalue weighted by Gasteiger charge is -2.19. The van der Waals surface area contributed by atoms with Crippen molar-refractivity contribution in [1.29, 1.82) is 0 Å². The second-order valence-electron chi connectivity index (χ2n) is 4.67. The number of fused-ring (bicyclic) bond motifs is 1. The Labute approximate surface area is 119 Å². The molecule has 3 nitrogen and oxygen atoms in total. The summed E-state index contributed by atoms with van der Waals surface area (Å²) in [5.74, 6) is 1.31. The van der Waals surface area contributed by atoms with Crippen LogP contribution < -0.4 is 5.32 Å². The standard InChI is InChI=1S/C15H22N2OS/c1-3-17(4-2)15(18)9-10-16-13-11-19-14-8-6-5-7-12(13)14/h5-8,13,16H,3-4,9-11H2,1-2H3. The minimum Gasteiger partial charge on any atom is -0.343 e. The predicted molar refractivity (Wildman–Crippen MR) is 80.5 cm³/mol. The maximum atomic E-state index is 11.9. The molecule has 1 aromatic rings. The lowest BCUT2D eigenvalue weighted by atomic mass is 10.1. The SMILES string of the molecule is CCN(CC)C(=O)CCNC1CSc2ccccc21. The molecule has 0 spiro atoms. The Balaban J connectivity index is 1.80. The monoisotopic (exact) mass is 278 g/mol. The maximum absolute atomic E-state index is 11.9. The maximum Gasteiger partial charge on any atom is 0.223 e. The van der Waals surface area contributed by atoms with Gasteiger partial charge in [0.2, 0.25) is 5.91 Å². The Hall–Kier alpha value is -1.00. The third-order valence-electron chi connectivity index (χ3n) is 3.55. The average molecular weight is 278 g/mol. The minimum atomic E-state index is 0.247. The van der Waals surface area contributed by atoms with Gasteiger partial charge < -0.3 is 10.2 Å². The highest BCUT2D eigenvalue weighted by Gasteiger charge is 2.22. The van der Waals surface area contributed by atoms with Crippen LogP contribution >= 0.6 is 11.8 Å². The van der Waals surface area contributed by atoms with Gasteiger partial charge in [0.15, 0.2) is 0 Å². The number of hydrogen-bond acceptors (Lipinski definition) is 3. The molecule has 2 rings (SSSR count). The van der Waals surface area contributed by atoms with E-state index >= 15 is 0 Å². The Morgan fingerprint density at radius 3 is 2.84 bits per heavy atom. The van der Waals surface area contributed by atoms with Crippen LogP contribution in [0.25, 0.3) is 0 Å². The molecule has 1 aliphatic heterocycles. The fourth-order valence-corrected chi connectivity index (χ4v) is 3.61. The summed E-state index contributed by atoms with van der Waals surface area (Å²) in [6.07, 6.45) is 0.588. The Morgan fingerprint density at radius 1 is 1.37 bits per heavy atom. The van der Waals surface area contributed by atoms with E-state index in [1.165, 1.54) is 10.5 Å². The molecule has 0 bridgehead atoms. The van der Waals surface area contributed by atoms with Crippen molar-refractivity contribution < 1.29 is 4.79 Å². The van der Waals surface area contributed by atoms with E-state index in [4.69, 9.17) is 0 Å². The highest BCUT2D eigenvalue weighted by molar-refractivity contribution is 7.99. The Kier molecular flexibility index (Phi) is 5.28. The summed E-state index contributed by atoms with van der Waals surface area (Å²) in [6.45, 7) is 6.42. The fraction of sp³-hybridized carbons (Fsp3) is 0.533. The van der Waals surface area contributed by atoms with Gasteiger partial charge in [-0.05, 0) is 25.5 Å². The Morgan fingerprint density at radius 2 is 2.11 bits per heavy atom. The largest absolute Gasteiger partial charge is 0.343 e. The Bertz CT molecular complexity index is 432. The van der Waals surface area contributed by atoms with Gasteiger partial charge >= 0.3 is 0 Å². The number of amides is 1. The van der Waals surface area contributed by atoms with Crippen LogP contribution in [0.2, 0.25) is 0 Å². The second kappa shape index (κ2) is 6.96. The molecule has 1 heterocycles. The summed E-state index contributed by atoms with van der Waals surface area (Å²) in [4.78, 5) is 15.2. The number of nitrogens with zero attached hydrogens (tertiary/aromatic N) is 1. The molecule has 1 amide bonds. The molecule has 1 unspecified atom stereocenters. The van der Waals surface area contributed by atoms with Gasteiger partial charge in [-0.1, -0.05) is 18.2 Å². The summed E-state index contributed by atoms with van der Waals surface area (Å²) < 4.78 is 0. The molecule has 0 aromatic heterocycles. The summed E-state index contributed by atoms with van der Waals surface area (Å²) in [7, 11) is 0. The number of benzene rings is 1. The molecule has 0 saturated carbocycles. The van der Waals surface area contributed by atoms with Crippen LogP contribution in [0, 0.1) is 0 Å². The van der Waals surface area contributed by atoms with Gasteiger partial charge in [0.1, 0.15) is 0 Å². The van der Waals surface area contributed by atoms with Crippen LogP contribution in [0.3, 0.4) is 0 Å². The van der Waals surface area contributed by atoms with Crippen molar-refractivity contribution >= 4 is 17.7 Å². The van der Waals surface area contributed by atoms with Crippen LogP contribution in [-0.4, -0.2) is 36.2 Å². The first-order chi connectivity index (χ1) is 9.26. The molecule has 4 heteroatoms. The van der Waals surface area contributed by atoms with Crippen molar-refractivity contribution in [2.45, 2.75) is 31.2 Å².